The largest absolute Gasteiger partial charge is 0.472 e. The van der Waals surface area contributed by atoms with Crippen molar-refractivity contribution in [2.45, 2.75) is 25.4 Å². The van der Waals surface area contributed by atoms with Crippen molar-refractivity contribution in [2.75, 3.05) is 6.61 Å². The zero-order chi connectivity index (χ0) is 10.8. The van der Waals surface area contributed by atoms with Gasteiger partial charge in [0.05, 0.1) is 19.1 Å². The summed E-state index contributed by atoms with van der Waals surface area (Å²) in [5.41, 5.74) is 0.966. The lowest BCUT2D eigenvalue weighted by molar-refractivity contribution is -0.126. The highest BCUT2D eigenvalue weighted by Gasteiger charge is 2.33. The predicted molar refractivity (Wildman–Crippen MR) is 54.2 cm³/mol. The average Bonchev–Trinajstić information content (AvgIpc) is 2.75. The summed E-state index contributed by atoms with van der Waals surface area (Å²) in [6.07, 6.45) is 3.69. The fourth-order valence-corrected chi connectivity index (χ4v) is 1.97. The minimum absolute atomic E-state index is 0.0126. The van der Waals surface area contributed by atoms with Crippen LogP contribution in [0.25, 0.3) is 0 Å². The van der Waals surface area contributed by atoms with Gasteiger partial charge in [0.2, 0.25) is 0 Å². The topological polar surface area (TPSA) is 62.5 Å². The third-order valence-electron chi connectivity index (χ3n) is 3.07. The number of hydrogen-bond donors (Lipinski definition) is 2. The highest BCUT2D eigenvalue weighted by molar-refractivity contribution is 5.83. The molecule has 0 bridgehead atoms. The van der Waals surface area contributed by atoms with Crippen LogP contribution >= 0.6 is 0 Å². The van der Waals surface area contributed by atoms with Gasteiger partial charge in [-0.1, -0.05) is 6.92 Å². The fraction of sp³-hybridized carbons (Fsp3) is 0.545. The van der Waals surface area contributed by atoms with Gasteiger partial charge in [-0.3, -0.25) is 4.79 Å². The molecule has 0 aliphatic carbocycles. The van der Waals surface area contributed by atoms with E-state index in [0.717, 1.165) is 5.56 Å². The highest BCUT2D eigenvalue weighted by atomic mass is 16.3. The minimum atomic E-state index is -0.147. The maximum atomic E-state index is 11.7. The molecule has 1 saturated heterocycles. The van der Waals surface area contributed by atoms with Crippen LogP contribution in [0.3, 0.4) is 0 Å². The van der Waals surface area contributed by atoms with E-state index >= 15 is 0 Å². The molecule has 1 aliphatic heterocycles. The first-order chi connectivity index (χ1) is 7.22. The van der Waals surface area contributed by atoms with E-state index in [1.54, 1.807) is 12.5 Å². The third-order valence-corrected chi connectivity index (χ3v) is 3.07. The number of hydrogen-bond acceptors (Lipinski definition) is 4. The number of piperidine rings is 1. The van der Waals surface area contributed by atoms with Crippen molar-refractivity contribution in [2.24, 2.45) is 5.92 Å². The number of aliphatic hydroxyl groups excluding tert-OH is 1. The molecule has 1 aliphatic rings. The number of nitrogens with one attached hydrogen (secondary N) is 1. The Labute approximate surface area is 88.3 Å². The maximum Gasteiger partial charge on any atom is 0.139 e. The molecular weight excluding hydrogens is 194 g/mol. The molecule has 1 fully saturated rings. The highest BCUT2D eigenvalue weighted by Crippen LogP contribution is 2.26. The maximum absolute atomic E-state index is 11.7. The molecule has 82 valence electrons. The molecule has 4 heteroatoms. The molecule has 0 radical (unpaired) electrons. The summed E-state index contributed by atoms with van der Waals surface area (Å²) < 4.78 is 4.98. The van der Waals surface area contributed by atoms with E-state index in [2.05, 4.69) is 5.32 Å². The molecule has 4 nitrogen and oxygen atoms in total. The Hall–Kier alpha value is -1.13. The van der Waals surface area contributed by atoms with Gasteiger partial charge in [0.15, 0.2) is 0 Å². The second-order valence-corrected chi connectivity index (χ2v) is 4.02. The Morgan fingerprint density at radius 1 is 1.67 bits per heavy atom. The van der Waals surface area contributed by atoms with Crippen LogP contribution in [0.2, 0.25) is 0 Å². The van der Waals surface area contributed by atoms with Gasteiger partial charge in [0, 0.05) is 30.0 Å². The van der Waals surface area contributed by atoms with Crippen molar-refractivity contribution >= 4 is 5.78 Å². The molecule has 0 aromatic carbocycles. The minimum Gasteiger partial charge on any atom is -0.472 e. The summed E-state index contributed by atoms with van der Waals surface area (Å²) in [7, 11) is 0. The molecule has 0 unspecified atom stereocenters. The lowest BCUT2D eigenvalue weighted by Crippen LogP contribution is -2.48. The van der Waals surface area contributed by atoms with Gasteiger partial charge in [-0.15, -0.1) is 0 Å². The van der Waals surface area contributed by atoms with Crippen molar-refractivity contribution < 1.29 is 14.3 Å². The van der Waals surface area contributed by atoms with E-state index in [-0.39, 0.29) is 30.4 Å². The Kier molecular flexibility index (Phi) is 2.88. The summed E-state index contributed by atoms with van der Waals surface area (Å²) >= 11 is 0. The summed E-state index contributed by atoms with van der Waals surface area (Å²) in [5, 5.41) is 12.4. The SMILES string of the molecule is C[C@@H]1C(=O)C[C@@H](c2ccoc2)N[C@H]1CO. The lowest BCUT2D eigenvalue weighted by Gasteiger charge is -2.33. The van der Waals surface area contributed by atoms with Gasteiger partial charge in [0.25, 0.3) is 0 Å². The summed E-state index contributed by atoms with van der Waals surface area (Å²) in [6, 6.07) is 1.67. The van der Waals surface area contributed by atoms with Crippen molar-refractivity contribution in [3.8, 4) is 0 Å². The van der Waals surface area contributed by atoms with Gasteiger partial charge in [0.1, 0.15) is 5.78 Å². The van der Waals surface area contributed by atoms with Crippen LogP contribution < -0.4 is 5.32 Å². The fourth-order valence-electron chi connectivity index (χ4n) is 1.97. The van der Waals surface area contributed by atoms with Gasteiger partial charge >= 0.3 is 0 Å². The predicted octanol–water partition coefficient (Wildman–Crippen LogP) is 0.880. The first-order valence-electron chi connectivity index (χ1n) is 5.14. The van der Waals surface area contributed by atoms with Crippen molar-refractivity contribution in [1.82, 2.24) is 5.32 Å². The molecule has 2 heterocycles. The summed E-state index contributed by atoms with van der Waals surface area (Å²) in [4.78, 5) is 11.7. The van der Waals surface area contributed by atoms with Crippen LogP contribution in [0.15, 0.2) is 23.0 Å². The van der Waals surface area contributed by atoms with Gasteiger partial charge < -0.3 is 14.8 Å². The average molecular weight is 209 g/mol. The molecular formula is C11H15NO3. The van der Waals surface area contributed by atoms with Gasteiger partial charge in [-0.25, -0.2) is 0 Å². The van der Waals surface area contributed by atoms with Gasteiger partial charge in [-0.05, 0) is 6.07 Å². The Bertz CT molecular complexity index is 334. The van der Waals surface area contributed by atoms with E-state index in [1.165, 1.54) is 0 Å². The standard InChI is InChI=1S/C11H15NO3/c1-7-10(5-13)12-9(4-11(7)14)8-2-3-15-6-8/h2-3,6-7,9-10,12-13H,4-5H2,1H3/t7-,9-,10-/m0/s1. The number of ketones is 1. The molecule has 0 saturated carbocycles. The van der Waals surface area contributed by atoms with E-state index in [0.29, 0.717) is 6.42 Å². The summed E-state index contributed by atoms with van der Waals surface area (Å²) in [6.45, 7) is 1.84. The summed E-state index contributed by atoms with van der Waals surface area (Å²) in [5.74, 6) is 0.0807. The normalized spacial score (nSPS) is 31.9. The zero-order valence-electron chi connectivity index (χ0n) is 8.64. The number of Topliss-reactive ketones (excluding diaryl/α,β-unsaturated/α-hetero) is 1. The molecule has 2 rings (SSSR count). The number of aliphatic hydroxyl groups is 1. The van der Waals surface area contributed by atoms with E-state index in [9.17, 15) is 4.79 Å². The van der Waals surface area contributed by atoms with Crippen LogP contribution in [0.5, 0.6) is 0 Å². The lowest BCUT2D eigenvalue weighted by atomic mass is 9.86. The van der Waals surface area contributed by atoms with Crippen LogP contribution in [0.1, 0.15) is 24.9 Å². The second-order valence-electron chi connectivity index (χ2n) is 4.02. The number of rotatable bonds is 2. The van der Waals surface area contributed by atoms with Crippen molar-refractivity contribution in [3.05, 3.63) is 24.2 Å². The number of furan rings is 1. The molecule has 3 atom stereocenters. The smallest absolute Gasteiger partial charge is 0.139 e. The number of carbonyl (C=O) groups is 1. The van der Waals surface area contributed by atoms with E-state index in [4.69, 9.17) is 9.52 Å². The third kappa shape index (κ3) is 1.96. The molecule has 1 aromatic heterocycles. The first kappa shape index (κ1) is 10.4. The second kappa shape index (κ2) is 4.16. The molecule has 2 N–H and O–H groups in total. The van der Waals surface area contributed by atoms with Crippen LogP contribution in [-0.4, -0.2) is 23.5 Å². The van der Waals surface area contributed by atoms with Crippen molar-refractivity contribution in [3.63, 3.8) is 0 Å². The molecule has 0 spiro atoms. The van der Waals surface area contributed by atoms with Crippen LogP contribution in [0.4, 0.5) is 0 Å². The molecule has 0 amide bonds. The Morgan fingerprint density at radius 3 is 3.07 bits per heavy atom. The van der Waals surface area contributed by atoms with E-state index in [1.807, 2.05) is 13.0 Å². The van der Waals surface area contributed by atoms with Gasteiger partial charge in [-0.2, -0.15) is 0 Å². The number of carbonyl (C=O) groups excluding carboxylic acids is 1. The molecule has 15 heavy (non-hydrogen) atoms. The monoisotopic (exact) mass is 209 g/mol. The van der Waals surface area contributed by atoms with Crippen LogP contribution in [-0.2, 0) is 4.79 Å². The Morgan fingerprint density at radius 2 is 2.47 bits per heavy atom. The quantitative estimate of drug-likeness (QED) is 0.759. The zero-order valence-corrected chi connectivity index (χ0v) is 8.64. The molecule has 1 aromatic rings. The van der Waals surface area contributed by atoms with Crippen molar-refractivity contribution in [1.29, 1.82) is 0 Å². The van der Waals surface area contributed by atoms with Crippen LogP contribution in [0, 0.1) is 5.92 Å². The Balaban J connectivity index is 2.13. The van der Waals surface area contributed by atoms with E-state index < -0.39 is 0 Å². The first-order valence-corrected chi connectivity index (χ1v) is 5.14.